The van der Waals surface area contributed by atoms with Crippen LogP contribution in [-0.2, 0) is 18.4 Å². The normalized spacial score (nSPS) is 12.5. The van der Waals surface area contributed by atoms with Crippen LogP contribution in [0.3, 0.4) is 0 Å². The van der Waals surface area contributed by atoms with Crippen LogP contribution in [0.15, 0.2) is 24.8 Å². The lowest BCUT2D eigenvalue weighted by Crippen LogP contribution is -2.14. The number of carbonyl (C=O) groups is 1. The van der Waals surface area contributed by atoms with Gasteiger partial charge in [0.1, 0.15) is 12.1 Å². The first-order valence-corrected chi connectivity index (χ1v) is 7.30. The van der Waals surface area contributed by atoms with Gasteiger partial charge in [-0.3, -0.25) is 4.79 Å². The summed E-state index contributed by atoms with van der Waals surface area (Å²) in [6.45, 7) is 1.78. The van der Waals surface area contributed by atoms with Crippen molar-refractivity contribution in [2.75, 3.05) is 5.32 Å². The van der Waals surface area contributed by atoms with E-state index in [1.165, 1.54) is 0 Å². The third-order valence-corrected chi connectivity index (χ3v) is 3.71. The molecule has 0 aliphatic rings. The minimum Gasteiger partial charge on any atom is -0.480 e. The molecule has 1 atom stereocenters. The second kappa shape index (κ2) is 5.88. The lowest BCUT2D eigenvalue weighted by Gasteiger charge is -2.16. The molecule has 0 bridgehead atoms. The molecule has 0 spiro atoms. The molecule has 1 unspecified atom stereocenters. The first-order chi connectivity index (χ1) is 11.0. The van der Waals surface area contributed by atoms with E-state index in [0.29, 0.717) is 16.9 Å². The SMILES string of the molecule is CC(Nc1nc(Cl)nc2ccn(CC(=O)O)c12)c1cncn1C. The quantitative estimate of drug-likeness (QED) is 0.693. The van der Waals surface area contributed by atoms with Crippen LogP contribution in [-0.4, -0.2) is 35.2 Å². The van der Waals surface area contributed by atoms with Crippen molar-refractivity contribution < 1.29 is 9.90 Å². The van der Waals surface area contributed by atoms with E-state index < -0.39 is 5.97 Å². The average molecular weight is 335 g/mol. The summed E-state index contributed by atoms with van der Waals surface area (Å²) in [5.74, 6) is -0.456. The Morgan fingerprint density at radius 3 is 2.91 bits per heavy atom. The van der Waals surface area contributed by atoms with Crippen molar-refractivity contribution in [3.05, 3.63) is 35.8 Å². The number of aliphatic carboxylic acids is 1. The minimum absolute atomic E-state index is 0.0927. The first-order valence-electron chi connectivity index (χ1n) is 6.92. The summed E-state index contributed by atoms with van der Waals surface area (Å²) in [6.07, 6.45) is 5.13. The molecule has 0 aliphatic heterocycles. The molecule has 3 aromatic rings. The maximum absolute atomic E-state index is 11.0. The molecule has 23 heavy (non-hydrogen) atoms. The van der Waals surface area contributed by atoms with Crippen molar-refractivity contribution in [3.8, 4) is 0 Å². The maximum Gasteiger partial charge on any atom is 0.323 e. The van der Waals surface area contributed by atoms with Crippen LogP contribution in [0, 0.1) is 0 Å². The number of rotatable bonds is 5. The van der Waals surface area contributed by atoms with Gasteiger partial charge in [-0.2, -0.15) is 4.98 Å². The van der Waals surface area contributed by atoms with Crippen molar-refractivity contribution in [2.45, 2.75) is 19.5 Å². The number of carboxylic acids is 1. The maximum atomic E-state index is 11.0. The predicted octanol–water partition coefficient (Wildman–Crippen LogP) is 2.08. The largest absolute Gasteiger partial charge is 0.480 e. The van der Waals surface area contributed by atoms with Gasteiger partial charge in [0.15, 0.2) is 5.82 Å². The van der Waals surface area contributed by atoms with E-state index in [0.717, 1.165) is 5.69 Å². The third-order valence-electron chi connectivity index (χ3n) is 3.54. The zero-order valence-corrected chi connectivity index (χ0v) is 13.3. The Labute approximate surface area is 136 Å². The fourth-order valence-electron chi connectivity index (χ4n) is 2.52. The molecule has 3 aromatic heterocycles. The molecule has 120 valence electrons. The molecular formula is C14H15ClN6O2. The van der Waals surface area contributed by atoms with Crippen molar-refractivity contribution in [1.29, 1.82) is 0 Å². The number of carboxylic acid groups (broad SMARTS) is 1. The Morgan fingerprint density at radius 2 is 2.26 bits per heavy atom. The number of anilines is 1. The van der Waals surface area contributed by atoms with E-state index in [2.05, 4.69) is 20.3 Å². The van der Waals surface area contributed by atoms with Gasteiger partial charge >= 0.3 is 5.97 Å². The van der Waals surface area contributed by atoms with Crippen LogP contribution in [0.25, 0.3) is 11.0 Å². The molecule has 0 radical (unpaired) electrons. The molecule has 0 aromatic carbocycles. The Bertz CT molecular complexity index is 871. The zero-order chi connectivity index (χ0) is 16.6. The smallest absolute Gasteiger partial charge is 0.323 e. The van der Waals surface area contributed by atoms with Gasteiger partial charge in [0.05, 0.1) is 29.8 Å². The van der Waals surface area contributed by atoms with Gasteiger partial charge in [0.2, 0.25) is 5.28 Å². The molecule has 0 aliphatic carbocycles. The summed E-state index contributed by atoms with van der Waals surface area (Å²) in [4.78, 5) is 23.5. The second-order valence-corrected chi connectivity index (χ2v) is 5.55. The Morgan fingerprint density at radius 1 is 1.48 bits per heavy atom. The molecule has 0 amide bonds. The minimum atomic E-state index is -0.942. The molecule has 2 N–H and O–H groups in total. The zero-order valence-electron chi connectivity index (χ0n) is 12.6. The number of aromatic nitrogens is 5. The Balaban J connectivity index is 2.03. The fraction of sp³-hybridized carbons (Fsp3) is 0.286. The molecule has 0 saturated carbocycles. The number of aryl methyl sites for hydroxylation is 1. The van der Waals surface area contributed by atoms with Crippen molar-refractivity contribution >= 4 is 34.4 Å². The van der Waals surface area contributed by atoms with Gasteiger partial charge in [-0.05, 0) is 24.6 Å². The van der Waals surface area contributed by atoms with E-state index in [1.54, 1.807) is 29.4 Å². The van der Waals surface area contributed by atoms with Crippen molar-refractivity contribution in [1.82, 2.24) is 24.1 Å². The van der Waals surface area contributed by atoms with Crippen LogP contribution in [0.5, 0.6) is 0 Å². The molecule has 0 saturated heterocycles. The lowest BCUT2D eigenvalue weighted by atomic mass is 10.2. The van der Waals surface area contributed by atoms with E-state index in [9.17, 15) is 4.79 Å². The molecular weight excluding hydrogens is 320 g/mol. The summed E-state index contributed by atoms with van der Waals surface area (Å²) in [5.41, 5.74) is 2.15. The van der Waals surface area contributed by atoms with Crippen molar-refractivity contribution in [2.24, 2.45) is 7.05 Å². The van der Waals surface area contributed by atoms with E-state index >= 15 is 0 Å². The van der Waals surface area contributed by atoms with Gasteiger partial charge < -0.3 is 19.6 Å². The number of nitrogens with zero attached hydrogens (tertiary/aromatic N) is 5. The standard InChI is InChI=1S/C14H15ClN6O2/c1-8(10-5-16-7-20(10)2)17-13-12-9(18-14(15)19-13)3-4-21(12)6-11(22)23/h3-5,7-8H,6H2,1-2H3,(H,22,23)(H,17,18,19). The second-order valence-electron chi connectivity index (χ2n) is 5.21. The highest BCUT2D eigenvalue weighted by Gasteiger charge is 2.17. The van der Waals surface area contributed by atoms with Gasteiger partial charge in [0, 0.05) is 13.2 Å². The lowest BCUT2D eigenvalue weighted by molar-refractivity contribution is -0.137. The highest BCUT2D eigenvalue weighted by Crippen LogP contribution is 2.26. The molecule has 3 heterocycles. The van der Waals surface area contributed by atoms with E-state index in [-0.39, 0.29) is 17.9 Å². The number of hydrogen-bond acceptors (Lipinski definition) is 5. The van der Waals surface area contributed by atoms with Crippen LogP contribution in [0.4, 0.5) is 5.82 Å². The molecule has 8 nitrogen and oxygen atoms in total. The number of hydrogen-bond donors (Lipinski definition) is 2. The Kier molecular flexibility index (Phi) is 3.91. The Hall–Kier alpha value is -2.61. The van der Waals surface area contributed by atoms with Gasteiger partial charge in [0.25, 0.3) is 0 Å². The van der Waals surface area contributed by atoms with E-state index in [1.807, 2.05) is 18.5 Å². The van der Waals surface area contributed by atoms with E-state index in [4.69, 9.17) is 16.7 Å². The molecule has 9 heteroatoms. The first kappa shape index (κ1) is 15.3. The predicted molar refractivity (Wildman–Crippen MR) is 85.4 cm³/mol. The fourth-order valence-corrected chi connectivity index (χ4v) is 2.70. The third kappa shape index (κ3) is 2.98. The number of nitrogens with one attached hydrogen (secondary N) is 1. The summed E-state index contributed by atoms with van der Waals surface area (Å²) in [6, 6.07) is 1.62. The highest BCUT2D eigenvalue weighted by atomic mass is 35.5. The van der Waals surface area contributed by atoms with Crippen molar-refractivity contribution in [3.63, 3.8) is 0 Å². The van der Waals surface area contributed by atoms with Crippen LogP contribution < -0.4 is 5.32 Å². The monoisotopic (exact) mass is 334 g/mol. The van der Waals surface area contributed by atoms with Crippen LogP contribution in [0.1, 0.15) is 18.7 Å². The summed E-state index contributed by atoms with van der Waals surface area (Å²) < 4.78 is 3.47. The number of imidazole rings is 1. The molecule has 3 rings (SSSR count). The number of halogens is 1. The van der Waals surface area contributed by atoms with Gasteiger partial charge in [-0.15, -0.1) is 0 Å². The number of fused-ring (bicyclic) bond motifs is 1. The van der Waals surface area contributed by atoms with Gasteiger partial charge in [-0.1, -0.05) is 0 Å². The summed E-state index contributed by atoms with van der Waals surface area (Å²) >= 11 is 5.97. The summed E-state index contributed by atoms with van der Waals surface area (Å²) in [7, 11) is 1.90. The van der Waals surface area contributed by atoms with Crippen LogP contribution in [0.2, 0.25) is 5.28 Å². The summed E-state index contributed by atoms with van der Waals surface area (Å²) in [5, 5.41) is 12.4. The topological polar surface area (TPSA) is 97.9 Å². The highest BCUT2D eigenvalue weighted by molar-refractivity contribution is 6.28. The van der Waals surface area contributed by atoms with Crippen LogP contribution >= 0.6 is 11.6 Å². The van der Waals surface area contributed by atoms with Gasteiger partial charge in [-0.25, -0.2) is 9.97 Å². The average Bonchev–Trinajstić information content (AvgIpc) is 3.05. The molecule has 0 fully saturated rings.